The minimum absolute atomic E-state index is 0. The molecule has 1 aromatic carbocycles. The van der Waals surface area contributed by atoms with Crippen molar-refractivity contribution in [1.29, 1.82) is 0 Å². The van der Waals surface area contributed by atoms with E-state index in [1.54, 1.807) is 12.4 Å². The molecule has 1 fully saturated rings. The highest BCUT2D eigenvalue weighted by Gasteiger charge is 2.20. The highest BCUT2D eigenvalue weighted by molar-refractivity contribution is 5.93. The van der Waals surface area contributed by atoms with Crippen LogP contribution in [-0.2, 0) is 4.79 Å². The molecular weight excluding hydrogens is 323 g/mol. The summed E-state index contributed by atoms with van der Waals surface area (Å²) in [5.74, 6) is 1.01. The van der Waals surface area contributed by atoms with Gasteiger partial charge in [0, 0.05) is 30.2 Å². The summed E-state index contributed by atoms with van der Waals surface area (Å²) in [5.41, 5.74) is 1.84. The monoisotopic (exact) mass is 342 g/mol. The van der Waals surface area contributed by atoms with E-state index in [-0.39, 0.29) is 36.6 Å². The van der Waals surface area contributed by atoms with Crippen molar-refractivity contribution in [2.75, 3.05) is 18.4 Å². The van der Waals surface area contributed by atoms with Crippen LogP contribution >= 0.6 is 24.8 Å². The second-order valence-corrected chi connectivity index (χ2v) is 5.05. The van der Waals surface area contributed by atoms with Crippen molar-refractivity contribution in [1.82, 2.24) is 15.3 Å². The Morgan fingerprint density at radius 2 is 2.00 bits per heavy atom. The predicted octanol–water partition coefficient (Wildman–Crippen LogP) is 2.86. The van der Waals surface area contributed by atoms with E-state index in [2.05, 4.69) is 20.6 Å². The lowest BCUT2D eigenvalue weighted by molar-refractivity contribution is -0.120. The fourth-order valence-electron chi connectivity index (χ4n) is 2.45. The van der Waals surface area contributed by atoms with Crippen LogP contribution in [0.15, 0.2) is 36.7 Å². The van der Waals surface area contributed by atoms with Crippen LogP contribution in [0.2, 0.25) is 0 Å². The molecule has 1 amide bonds. The first-order valence-corrected chi connectivity index (χ1v) is 6.94. The number of halogens is 2. The summed E-state index contributed by atoms with van der Waals surface area (Å²) in [6.45, 7) is 1.79. The average molecular weight is 343 g/mol. The number of rotatable bonds is 3. The highest BCUT2D eigenvalue weighted by Crippen LogP contribution is 2.19. The average Bonchev–Trinajstić information content (AvgIpc) is 3.03. The van der Waals surface area contributed by atoms with Gasteiger partial charge < -0.3 is 15.6 Å². The number of carbonyl (C=O) groups is 1. The van der Waals surface area contributed by atoms with E-state index in [0.717, 1.165) is 43.0 Å². The van der Waals surface area contributed by atoms with Gasteiger partial charge >= 0.3 is 0 Å². The number of aromatic nitrogens is 2. The van der Waals surface area contributed by atoms with E-state index in [4.69, 9.17) is 0 Å². The number of hydrogen-bond donors (Lipinski definition) is 3. The second-order valence-electron chi connectivity index (χ2n) is 5.05. The quantitative estimate of drug-likeness (QED) is 0.803. The minimum atomic E-state index is 0. The molecule has 3 rings (SSSR count). The van der Waals surface area contributed by atoms with Crippen LogP contribution in [0.4, 0.5) is 5.69 Å². The zero-order valence-corrected chi connectivity index (χ0v) is 13.7. The molecule has 0 bridgehead atoms. The molecular formula is C15H20Cl2N4O. The maximum absolute atomic E-state index is 12.1. The van der Waals surface area contributed by atoms with Gasteiger partial charge in [-0.25, -0.2) is 4.98 Å². The number of nitrogens with zero attached hydrogens (tertiary/aromatic N) is 1. The fraction of sp³-hybridized carbons (Fsp3) is 0.333. The molecule has 1 aromatic heterocycles. The molecule has 1 atom stereocenters. The van der Waals surface area contributed by atoms with Crippen molar-refractivity contribution in [2.45, 2.75) is 12.8 Å². The largest absolute Gasteiger partial charge is 0.345 e. The molecule has 0 spiro atoms. The van der Waals surface area contributed by atoms with Gasteiger partial charge in [-0.15, -0.1) is 24.8 Å². The number of H-pyrrole nitrogens is 1. The molecule has 2 aromatic rings. The van der Waals surface area contributed by atoms with Crippen LogP contribution in [0.3, 0.4) is 0 Å². The van der Waals surface area contributed by atoms with Gasteiger partial charge in [0.2, 0.25) is 5.91 Å². The summed E-state index contributed by atoms with van der Waals surface area (Å²) in [4.78, 5) is 19.4. The molecule has 7 heteroatoms. The molecule has 1 saturated heterocycles. The third-order valence-electron chi connectivity index (χ3n) is 3.59. The standard InChI is InChI=1S/C15H18N4O.2ClH/c20-15(12-2-1-7-16-10-12)19-13-5-3-11(4-6-13)14-17-8-9-18-14;;/h3-6,8-9,12,16H,1-2,7,10H2,(H,17,18)(H,19,20);2*1H. The van der Waals surface area contributed by atoms with Gasteiger partial charge in [0.05, 0.1) is 5.92 Å². The summed E-state index contributed by atoms with van der Waals surface area (Å²) in [7, 11) is 0. The van der Waals surface area contributed by atoms with E-state index >= 15 is 0 Å². The van der Waals surface area contributed by atoms with Gasteiger partial charge in [0.25, 0.3) is 0 Å². The van der Waals surface area contributed by atoms with Crippen LogP contribution < -0.4 is 10.6 Å². The van der Waals surface area contributed by atoms with Gasteiger partial charge in [-0.3, -0.25) is 4.79 Å². The molecule has 2 heterocycles. The van der Waals surface area contributed by atoms with E-state index in [1.165, 1.54) is 0 Å². The first kappa shape index (κ1) is 18.5. The first-order valence-electron chi connectivity index (χ1n) is 6.94. The van der Waals surface area contributed by atoms with E-state index < -0.39 is 0 Å². The predicted molar refractivity (Wildman–Crippen MR) is 92.7 cm³/mol. The smallest absolute Gasteiger partial charge is 0.228 e. The Bertz CT molecular complexity index is 566. The van der Waals surface area contributed by atoms with Gasteiger partial charge in [0.15, 0.2) is 0 Å². The van der Waals surface area contributed by atoms with E-state index in [0.29, 0.717) is 0 Å². The molecule has 1 aliphatic heterocycles. The molecule has 22 heavy (non-hydrogen) atoms. The number of aromatic amines is 1. The molecule has 0 saturated carbocycles. The summed E-state index contributed by atoms with van der Waals surface area (Å²) in [6.07, 6.45) is 5.54. The van der Waals surface area contributed by atoms with Crippen molar-refractivity contribution >= 4 is 36.4 Å². The number of piperidine rings is 1. The van der Waals surface area contributed by atoms with Gasteiger partial charge in [-0.05, 0) is 43.7 Å². The van der Waals surface area contributed by atoms with Crippen molar-refractivity contribution < 1.29 is 4.79 Å². The molecule has 1 aliphatic rings. The van der Waals surface area contributed by atoms with Crippen LogP contribution in [0.25, 0.3) is 11.4 Å². The molecule has 3 N–H and O–H groups in total. The molecule has 5 nitrogen and oxygen atoms in total. The topological polar surface area (TPSA) is 69.8 Å². The van der Waals surface area contributed by atoms with Gasteiger partial charge in [-0.2, -0.15) is 0 Å². The molecule has 1 unspecified atom stereocenters. The van der Waals surface area contributed by atoms with Crippen molar-refractivity contribution in [3.05, 3.63) is 36.7 Å². The van der Waals surface area contributed by atoms with Crippen LogP contribution in [0.1, 0.15) is 12.8 Å². The Labute approximate surface area is 142 Å². The maximum atomic E-state index is 12.1. The summed E-state index contributed by atoms with van der Waals surface area (Å²) in [5, 5.41) is 6.23. The lowest BCUT2D eigenvalue weighted by Gasteiger charge is -2.21. The summed E-state index contributed by atoms with van der Waals surface area (Å²) < 4.78 is 0. The zero-order chi connectivity index (χ0) is 13.8. The SMILES string of the molecule is Cl.Cl.O=C(Nc1ccc(-c2ncc[nH]2)cc1)C1CCCNC1. The number of carbonyl (C=O) groups excluding carboxylic acids is 1. The number of imidazole rings is 1. The normalized spacial score (nSPS) is 17.0. The first-order chi connectivity index (χ1) is 9.83. The zero-order valence-electron chi connectivity index (χ0n) is 12.0. The minimum Gasteiger partial charge on any atom is -0.345 e. The van der Waals surface area contributed by atoms with Crippen LogP contribution in [-0.4, -0.2) is 29.0 Å². The van der Waals surface area contributed by atoms with Crippen molar-refractivity contribution in [2.24, 2.45) is 5.92 Å². The maximum Gasteiger partial charge on any atom is 0.228 e. The van der Waals surface area contributed by atoms with Crippen molar-refractivity contribution in [3.8, 4) is 11.4 Å². The van der Waals surface area contributed by atoms with Crippen molar-refractivity contribution in [3.63, 3.8) is 0 Å². The number of nitrogens with one attached hydrogen (secondary N) is 3. The van der Waals surface area contributed by atoms with E-state index in [9.17, 15) is 4.79 Å². The van der Waals surface area contributed by atoms with Gasteiger partial charge in [-0.1, -0.05) is 0 Å². The van der Waals surface area contributed by atoms with Crippen LogP contribution in [0, 0.1) is 5.92 Å². The van der Waals surface area contributed by atoms with Gasteiger partial charge in [0.1, 0.15) is 5.82 Å². The third-order valence-corrected chi connectivity index (χ3v) is 3.59. The number of anilines is 1. The molecule has 120 valence electrons. The Kier molecular flexibility index (Phi) is 7.38. The Morgan fingerprint density at radius 1 is 1.23 bits per heavy atom. The lowest BCUT2D eigenvalue weighted by atomic mass is 9.99. The Hall–Kier alpha value is -1.56. The van der Waals surface area contributed by atoms with Crippen LogP contribution in [0.5, 0.6) is 0 Å². The summed E-state index contributed by atoms with van der Waals surface area (Å²) >= 11 is 0. The number of hydrogen-bond acceptors (Lipinski definition) is 3. The summed E-state index contributed by atoms with van der Waals surface area (Å²) in [6, 6.07) is 7.72. The molecule has 0 aliphatic carbocycles. The molecule has 0 radical (unpaired) electrons. The number of amides is 1. The Morgan fingerprint density at radius 3 is 2.59 bits per heavy atom. The second kappa shape index (κ2) is 8.78. The highest BCUT2D eigenvalue weighted by atomic mass is 35.5. The fourth-order valence-corrected chi connectivity index (χ4v) is 2.45. The number of benzene rings is 1. The van der Waals surface area contributed by atoms with E-state index in [1.807, 2.05) is 24.3 Å². The lowest BCUT2D eigenvalue weighted by Crippen LogP contribution is -2.37. The third kappa shape index (κ3) is 4.47. The Balaban J connectivity index is 0.00000121.